The van der Waals surface area contributed by atoms with Gasteiger partial charge in [-0.3, -0.25) is 0 Å². The van der Waals surface area contributed by atoms with Crippen molar-refractivity contribution in [3.8, 4) is 5.75 Å². The molecule has 194 valence electrons. The molecule has 34 heavy (non-hydrogen) atoms. The van der Waals surface area contributed by atoms with E-state index in [1.165, 1.54) is 58.2 Å². The van der Waals surface area contributed by atoms with Gasteiger partial charge in [-0.2, -0.15) is 0 Å². The highest BCUT2D eigenvalue weighted by Gasteiger charge is 2.37. The molecule has 1 aromatic carbocycles. The Morgan fingerprint density at radius 3 is 2.41 bits per heavy atom. The zero-order valence-electron chi connectivity index (χ0n) is 20.9. The Balaban J connectivity index is 0.000000778. The van der Waals surface area contributed by atoms with Crippen molar-refractivity contribution in [1.29, 1.82) is 0 Å². The van der Waals surface area contributed by atoms with E-state index in [0.29, 0.717) is 12.5 Å². The Morgan fingerprint density at radius 2 is 1.79 bits per heavy atom. The quantitative estimate of drug-likeness (QED) is 0.495. The number of aliphatic hydroxyl groups excluding tert-OH is 1. The van der Waals surface area contributed by atoms with Gasteiger partial charge in [0.05, 0.1) is 12.3 Å². The molecule has 2 aliphatic carbocycles. The number of rotatable bonds is 9. The molecular formula is C26H43Cl2N3O3. The number of aromatic nitrogens is 1. The van der Waals surface area contributed by atoms with E-state index >= 15 is 0 Å². The lowest BCUT2D eigenvalue weighted by molar-refractivity contribution is 0.166. The summed E-state index contributed by atoms with van der Waals surface area (Å²) < 4.78 is 11.7. The minimum atomic E-state index is 0. The van der Waals surface area contributed by atoms with E-state index < -0.39 is 0 Å². The first kappa shape index (κ1) is 29.2. The van der Waals surface area contributed by atoms with Crippen molar-refractivity contribution in [2.75, 3.05) is 46.9 Å². The highest BCUT2D eigenvalue weighted by Crippen LogP contribution is 2.39. The van der Waals surface area contributed by atoms with Gasteiger partial charge in [-0.05, 0) is 115 Å². The molecule has 3 aliphatic rings. The van der Waals surface area contributed by atoms with Gasteiger partial charge in [0, 0.05) is 24.1 Å². The standard InChI is InChI=1S/C24H34N2O3.C2H7N.2ClH/c1-16-23(28-15-18-2-3-18)7-5-21-22(25-29-24(16)21)6-4-17-8-10-26(11-9-17)13-19-12-20(19)14-27;1-3-2;;/h5,7,17-20,27H,2-4,6,8-15H2,1H3;3H,1-2H3;2*1H. The second-order valence-electron chi connectivity index (χ2n) is 10.2. The van der Waals surface area contributed by atoms with Crippen LogP contribution >= 0.6 is 24.8 Å². The third-order valence-electron chi connectivity index (χ3n) is 7.38. The summed E-state index contributed by atoms with van der Waals surface area (Å²) >= 11 is 0. The van der Waals surface area contributed by atoms with Crippen molar-refractivity contribution in [3.05, 3.63) is 23.4 Å². The summed E-state index contributed by atoms with van der Waals surface area (Å²) in [6.45, 7) is 6.89. The van der Waals surface area contributed by atoms with E-state index in [9.17, 15) is 5.11 Å². The largest absolute Gasteiger partial charge is 0.493 e. The molecule has 6 nitrogen and oxygen atoms in total. The lowest BCUT2D eigenvalue weighted by atomic mass is 9.91. The van der Waals surface area contributed by atoms with Gasteiger partial charge in [0.15, 0.2) is 5.58 Å². The number of aliphatic hydroxyl groups is 1. The molecule has 5 rings (SSSR count). The Morgan fingerprint density at radius 1 is 1.09 bits per heavy atom. The first-order valence-electron chi connectivity index (χ1n) is 12.5. The molecule has 0 bridgehead atoms. The molecule has 0 spiro atoms. The van der Waals surface area contributed by atoms with Crippen molar-refractivity contribution >= 4 is 35.8 Å². The van der Waals surface area contributed by atoms with Gasteiger partial charge in [-0.25, -0.2) is 0 Å². The number of ether oxygens (including phenoxy) is 1. The van der Waals surface area contributed by atoms with E-state index in [1.807, 2.05) is 14.1 Å². The fourth-order valence-electron chi connectivity index (χ4n) is 4.88. The van der Waals surface area contributed by atoms with Crippen LogP contribution in [0.15, 0.2) is 16.7 Å². The molecule has 8 heteroatoms. The van der Waals surface area contributed by atoms with Gasteiger partial charge in [-0.15, -0.1) is 24.8 Å². The van der Waals surface area contributed by atoms with Gasteiger partial charge in [0.25, 0.3) is 0 Å². The SMILES string of the molecule is CNC.Cc1c(OCC2CC2)ccc2c(CCC3CCN(CC4CC4CO)CC3)noc12.Cl.Cl. The van der Waals surface area contributed by atoms with Crippen molar-refractivity contribution in [2.24, 2.45) is 23.7 Å². The van der Waals surface area contributed by atoms with Gasteiger partial charge in [-0.1, -0.05) is 5.16 Å². The number of hydrogen-bond donors (Lipinski definition) is 2. The van der Waals surface area contributed by atoms with Crippen LogP contribution < -0.4 is 10.1 Å². The Hall–Kier alpha value is -1.05. The molecule has 0 radical (unpaired) electrons. The molecule has 2 saturated carbocycles. The maximum Gasteiger partial charge on any atom is 0.173 e. The number of piperidine rings is 1. The zero-order valence-corrected chi connectivity index (χ0v) is 22.6. The smallest absolute Gasteiger partial charge is 0.173 e. The van der Waals surface area contributed by atoms with Gasteiger partial charge >= 0.3 is 0 Å². The number of halogens is 2. The number of fused-ring (bicyclic) bond motifs is 1. The van der Waals surface area contributed by atoms with Crippen LogP contribution in [0.2, 0.25) is 0 Å². The minimum Gasteiger partial charge on any atom is -0.493 e. The Labute approximate surface area is 217 Å². The van der Waals surface area contributed by atoms with E-state index in [0.717, 1.165) is 58.8 Å². The van der Waals surface area contributed by atoms with E-state index in [-0.39, 0.29) is 24.8 Å². The van der Waals surface area contributed by atoms with Crippen molar-refractivity contribution in [2.45, 2.75) is 51.9 Å². The first-order chi connectivity index (χ1) is 15.6. The summed E-state index contributed by atoms with van der Waals surface area (Å²) in [5.74, 6) is 3.81. The third-order valence-corrected chi connectivity index (χ3v) is 7.38. The second-order valence-corrected chi connectivity index (χ2v) is 10.2. The number of nitrogens with zero attached hydrogens (tertiary/aromatic N) is 2. The van der Waals surface area contributed by atoms with E-state index in [4.69, 9.17) is 9.26 Å². The first-order valence-corrected chi connectivity index (χ1v) is 12.5. The van der Waals surface area contributed by atoms with Crippen molar-refractivity contribution in [1.82, 2.24) is 15.4 Å². The van der Waals surface area contributed by atoms with E-state index in [2.05, 4.69) is 34.4 Å². The monoisotopic (exact) mass is 515 g/mol. The molecule has 2 unspecified atom stereocenters. The predicted octanol–water partition coefficient (Wildman–Crippen LogP) is 4.88. The molecule has 2 N–H and O–H groups in total. The summed E-state index contributed by atoms with van der Waals surface area (Å²) in [6, 6.07) is 4.23. The maximum absolute atomic E-state index is 9.23. The lowest BCUT2D eigenvalue weighted by Crippen LogP contribution is -2.35. The molecule has 1 saturated heterocycles. The molecule has 0 amide bonds. The van der Waals surface area contributed by atoms with Crippen LogP contribution in [0, 0.1) is 30.6 Å². The molecule has 2 heterocycles. The zero-order chi connectivity index (χ0) is 22.5. The molecule has 3 fully saturated rings. The van der Waals surface area contributed by atoms with Gasteiger partial charge < -0.3 is 24.6 Å². The topological polar surface area (TPSA) is 70.8 Å². The Bertz CT molecular complexity index is 866. The van der Waals surface area contributed by atoms with Gasteiger partial charge in [0.1, 0.15) is 5.75 Å². The number of hydrogen-bond acceptors (Lipinski definition) is 6. The summed E-state index contributed by atoms with van der Waals surface area (Å²) in [5, 5.41) is 17.5. The minimum absolute atomic E-state index is 0. The number of nitrogens with one attached hydrogen (secondary N) is 1. The van der Waals surface area contributed by atoms with E-state index in [1.54, 1.807) is 0 Å². The number of likely N-dealkylation sites (tertiary alicyclic amines) is 1. The summed E-state index contributed by atoms with van der Waals surface area (Å²) in [7, 11) is 3.75. The molecule has 1 aromatic heterocycles. The predicted molar refractivity (Wildman–Crippen MR) is 143 cm³/mol. The third kappa shape index (κ3) is 7.72. The Kier molecular flexibility index (Phi) is 11.9. The van der Waals surface area contributed by atoms with Crippen LogP contribution in [-0.4, -0.2) is 62.1 Å². The van der Waals surface area contributed by atoms with Crippen LogP contribution in [0.1, 0.15) is 49.8 Å². The normalized spacial score (nSPS) is 22.4. The van der Waals surface area contributed by atoms with Crippen molar-refractivity contribution in [3.63, 3.8) is 0 Å². The summed E-state index contributed by atoms with van der Waals surface area (Å²) in [6.07, 6.45) is 8.58. The van der Waals surface area contributed by atoms with Crippen LogP contribution in [0.25, 0.3) is 11.0 Å². The fraction of sp³-hybridized carbons (Fsp3) is 0.731. The van der Waals surface area contributed by atoms with Crippen LogP contribution in [0.5, 0.6) is 5.75 Å². The highest BCUT2D eigenvalue weighted by molar-refractivity contribution is 5.86. The van der Waals surface area contributed by atoms with Crippen LogP contribution in [0.3, 0.4) is 0 Å². The van der Waals surface area contributed by atoms with Crippen LogP contribution in [-0.2, 0) is 6.42 Å². The fourth-order valence-corrected chi connectivity index (χ4v) is 4.88. The average molecular weight is 517 g/mol. The number of aryl methyl sites for hydroxylation is 2. The van der Waals surface area contributed by atoms with Gasteiger partial charge in [0.2, 0.25) is 0 Å². The summed E-state index contributed by atoms with van der Waals surface area (Å²) in [5.41, 5.74) is 3.07. The van der Waals surface area contributed by atoms with Crippen molar-refractivity contribution < 1.29 is 14.4 Å². The highest BCUT2D eigenvalue weighted by atomic mass is 35.5. The molecule has 2 atom stereocenters. The van der Waals surface area contributed by atoms with Crippen LogP contribution in [0.4, 0.5) is 0 Å². The molecule has 1 aliphatic heterocycles. The molecule has 2 aromatic rings. The lowest BCUT2D eigenvalue weighted by Gasteiger charge is -2.32. The maximum atomic E-state index is 9.23. The summed E-state index contributed by atoms with van der Waals surface area (Å²) in [4.78, 5) is 2.61. The average Bonchev–Trinajstić information content (AvgIpc) is 3.72. The molecular weight excluding hydrogens is 473 g/mol. The second kappa shape index (κ2) is 13.9. The number of benzene rings is 1.